The van der Waals surface area contributed by atoms with Gasteiger partial charge in [-0.1, -0.05) is 0 Å². The highest BCUT2D eigenvalue weighted by Crippen LogP contribution is 2.40. The molecule has 48 heavy (non-hydrogen) atoms. The summed E-state index contributed by atoms with van der Waals surface area (Å²) in [6, 6.07) is 27.3. The van der Waals surface area contributed by atoms with Gasteiger partial charge in [0.05, 0.1) is 19.6 Å². The van der Waals surface area contributed by atoms with Crippen molar-refractivity contribution in [3.05, 3.63) is 121 Å². The van der Waals surface area contributed by atoms with Gasteiger partial charge in [-0.3, -0.25) is 18.2 Å². The van der Waals surface area contributed by atoms with Crippen LogP contribution >= 0.6 is 0 Å². The van der Waals surface area contributed by atoms with E-state index in [0.717, 1.165) is 0 Å². The predicted octanol–water partition coefficient (Wildman–Crippen LogP) is 5.61. The van der Waals surface area contributed by atoms with E-state index < -0.39 is 40.5 Å². The largest absolute Gasteiger partial charge is 0.311 e. The van der Waals surface area contributed by atoms with E-state index in [1.807, 2.05) is 0 Å². The third kappa shape index (κ3) is 7.72. The zero-order chi connectivity index (χ0) is 35.1. The van der Waals surface area contributed by atoms with E-state index in [9.17, 15) is 51.9 Å². The summed E-state index contributed by atoms with van der Waals surface area (Å²) in [5.74, 6) is 0. The second kappa shape index (κ2) is 12.7. The Balaban J connectivity index is 1.62. The fraction of sp³-hybridized carbons (Fsp3) is 0. The smallest absolute Gasteiger partial charge is 0.294 e. The number of hydrogen-bond donors (Lipinski definition) is 4. The summed E-state index contributed by atoms with van der Waals surface area (Å²) in [5, 5.41) is 0. The highest BCUT2D eigenvalue weighted by atomic mass is 32.2. The third-order valence-corrected chi connectivity index (χ3v) is 10.4. The van der Waals surface area contributed by atoms with Gasteiger partial charge < -0.3 is 9.80 Å². The summed E-state index contributed by atoms with van der Waals surface area (Å²) in [7, 11) is -18.0. The summed E-state index contributed by atoms with van der Waals surface area (Å²) in [6.07, 6.45) is 0. The van der Waals surface area contributed by atoms with Gasteiger partial charge in [-0.15, -0.1) is 0 Å². The van der Waals surface area contributed by atoms with E-state index >= 15 is 0 Å². The lowest BCUT2D eigenvalue weighted by molar-refractivity contribution is 0.481. The van der Waals surface area contributed by atoms with Crippen LogP contribution in [0.4, 0.5) is 34.1 Å². The molecular formula is C30H24N2O12S4. The van der Waals surface area contributed by atoms with Gasteiger partial charge in [0.15, 0.2) is 0 Å². The van der Waals surface area contributed by atoms with Crippen molar-refractivity contribution in [1.29, 1.82) is 0 Å². The second-order valence-electron chi connectivity index (χ2n) is 10.1. The minimum Gasteiger partial charge on any atom is -0.311 e. The number of nitrogens with zero attached hydrogens (tertiary/aromatic N) is 2. The van der Waals surface area contributed by atoms with Crippen molar-refractivity contribution in [2.45, 2.75) is 19.6 Å². The first kappa shape index (κ1) is 34.7. The Hall–Kier alpha value is -4.66. The van der Waals surface area contributed by atoms with Gasteiger partial charge in [0.25, 0.3) is 40.5 Å². The summed E-state index contributed by atoms with van der Waals surface area (Å²) in [5.41, 5.74) is 2.53. The van der Waals surface area contributed by atoms with Crippen LogP contribution in [0.3, 0.4) is 0 Å². The first-order valence-electron chi connectivity index (χ1n) is 13.3. The zero-order valence-corrected chi connectivity index (χ0v) is 27.4. The van der Waals surface area contributed by atoms with Crippen molar-refractivity contribution < 1.29 is 51.9 Å². The first-order chi connectivity index (χ1) is 22.3. The molecule has 5 aromatic rings. The van der Waals surface area contributed by atoms with Gasteiger partial charge in [0.1, 0.15) is 0 Å². The van der Waals surface area contributed by atoms with E-state index in [1.165, 1.54) is 97.1 Å². The molecule has 0 radical (unpaired) electrons. The molecular weight excluding hydrogens is 709 g/mol. The molecule has 0 amide bonds. The highest BCUT2D eigenvalue weighted by Gasteiger charge is 2.20. The molecule has 0 saturated heterocycles. The highest BCUT2D eigenvalue weighted by molar-refractivity contribution is 7.86. The Kier molecular flexibility index (Phi) is 9.21. The van der Waals surface area contributed by atoms with Gasteiger partial charge in [-0.05, 0) is 121 Å². The summed E-state index contributed by atoms with van der Waals surface area (Å²) < 4.78 is 131. The average molecular weight is 733 g/mol. The molecule has 0 aliphatic rings. The molecule has 250 valence electrons. The van der Waals surface area contributed by atoms with E-state index in [0.29, 0.717) is 34.1 Å². The van der Waals surface area contributed by atoms with Crippen LogP contribution in [-0.2, 0) is 40.5 Å². The van der Waals surface area contributed by atoms with E-state index in [2.05, 4.69) is 0 Å². The minimum absolute atomic E-state index is 0.362. The zero-order valence-electron chi connectivity index (χ0n) is 24.1. The molecule has 14 nitrogen and oxygen atoms in total. The van der Waals surface area contributed by atoms with Crippen molar-refractivity contribution in [3.8, 4) is 0 Å². The van der Waals surface area contributed by atoms with Crippen LogP contribution in [0.2, 0.25) is 0 Å². The Morgan fingerprint density at radius 1 is 0.271 bits per heavy atom. The Bertz CT molecular complexity index is 2080. The molecule has 0 unspecified atom stereocenters. The molecule has 18 heteroatoms. The van der Waals surface area contributed by atoms with Crippen molar-refractivity contribution in [3.63, 3.8) is 0 Å². The number of rotatable bonds is 10. The lowest BCUT2D eigenvalue weighted by atomic mass is 10.1. The molecule has 0 aliphatic heterocycles. The van der Waals surface area contributed by atoms with Gasteiger partial charge in [-0.25, -0.2) is 0 Å². The van der Waals surface area contributed by atoms with Gasteiger partial charge >= 0.3 is 0 Å². The van der Waals surface area contributed by atoms with Crippen LogP contribution in [0, 0.1) is 0 Å². The van der Waals surface area contributed by atoms with Crippen LogP contribution in [0.1, 0.15) is 0 Å². The molecule has 0 saturated carbocycles. The van der Waals surface area contributed by atoms with Gasteiger partial charge in [0, 0.05) is 34.1 Å². The molecule has 0 aromatic heterocycles. The van der Waals surface area contributed by atoms with Crippen LogP contribution < -0.4 is 9.80 Å². The molecule has 0 spiro atoms. The minimum atomic E-state index is -4.50. The van der Waals surface area contributed by atoms with Crippen LogP contribution in [0.5, 0.6) is 0 Å². The van der Waals surface area contributed by atoms with Crippen molar-refractivity contribution in [2.75, 3.05) is 9.80 Å². The lowest BCUT2D eigenvalue weighted by Crippen LogP contribution is -2.13. The Labute approximate surface area is 276 Å². The van der Waals surface area contributed by atoms with E-state index in [4.69, 9.17) is 0 Å². The molecule has 4 N–H and O–H groups in total. The maximum absolute atomic E-state index is 11.6. The summed E-state index contributed by atoms with van der Waals surface area (Å²) in [6.45, 7) is 0. The average Bonchev–Trinajstić information content (AvgIpc) is 3.01. The van der Waals surface area contributed by atoms with Crippen LogP contribution in [0.25, 0.3) is 0 Å². The first-order valence-corrected chi connectivity index (χ1v) is 19.1. The Morgan fingerprint density at radius 2 is 0.396 bits per heavy atom. The molecule has 0 atom stereocenters. The normalized spacial score (nSPS) is 12.4. The van der Waals surface area contributed by atoms with Crippen LogP contribution in [-0.4, -0.2) is 51.9 Å². The fourth-order valence-electron chi connectivity index (χ4n) is 4.71. The fourth-order valence-corrected chi connectivity index (χ4v) is 6.63. The predicted molar refractivity (Wildman–Crippen MR) is 175 cm³/mol. The monoisotopic (exact) mass is 732 g/mol. The van der Waals surface area contributed by atoms with Crippen molar-refractivity contribution >= 4 is 74.6 Å². The van der Waals surface area contributed by atoms with Crippen LogP contribution in [0.15, 0.2) is 141 Å². The SMILES string of the molecule is O=S(=O)(O)c1ccc(N(c2ccc(N(c3ccc(S(=O)(=O)O)cc3)c3ccc(S(=O)(=O)O)cc3)cc2)c2ccc(S(=O)(=O)O)cc2)cc1. The maximum Gasteiger partial charge on any atom is 0.294 e. The summed E-state index contributed by atoms with van der Waals surface area (Å²) >= 11 is 0. The van der Waals surface area contributed by atoms with Gasteiger partial charge in [0.2, 0.25) is 0 Å². The third-order valence-electron chi connectivity index (χ3n) is 6.94. The molecule has 5 aromatic carbocycles. The molecule has 0 fully saturated rings. The molecule has 0 heterocycles. The topological polar surface area (TPSA) is 224 Å². The standard InChI is InChI=1S/C30H24N2O12S4/c33-45(34,35)27-13-5-23(6-14-27)31(24-7-15-28(16-8-24)46(36,37)38)21-1-2-22(4-3-21)32(25-9-17-29(18-10-25)47(39,40)41)26-11-19-30(20-12-26)48(42,43)44/h1-20H,(H,33,34,35)(H,36,37,38)(H,39,40,41)(H,42,43,44). The quantitative estimate of drug-likeness (QED) is 0.128. The molecule has 0 aliphatic carbocycles. The molecule has 5 rings (SSSR count). The number of anilines is 6. The van der Waals surface area contributed by atoms with Gasteiger partial charge in [-0.2, -0.15) is 33.7 Å². The number of hydrogen-bond acceptors (Lipinski definition) is 10. The molecule has 0 bridgehead atoms. The summed E-state index contributed by atoms with van der Waals surface area (Å²) in [4.78, 5) is 1.80. The maximum atomic E-state index is 11.6. The lowest BCUT2D eigenvalue weighted by Gasteiger charge is -2.28. The second-order valence-corrected chi connectivity index (χ2v) is 15.7. The van der Waals surface area contributed by atoms with E-state index in [1.54, 1.807) is 34.1 Å². The van der Waals surface area contributed by atoms with Crippen molar-refractivity contribution in [1.82, 2.24) is 0 Å². The number of benzene rings is 5. The van der Waals surface area contributed by atoms with Crippen molar-refractivity contribution in [2.24, 2.45) is 0 Å². The Morgan fingerprint density at radius 3 is 0.521 bits per heavy atom. The van der Waals surface area contributed by atoms with E-state index in [-0.39, 0.29) is 19.6 Å².